The Labute approximate surface area is 158 Å². The van der Waals surface area contributed by atoms with Crippen molar-refractivity contribution >= 4 is 40.3 Å². The zero-order valence-electron chi connectivity index (χ0n) is 13.1. The van der Waals surface area contributed by atoms with Crippen molar-refractivity contribution in [2.24, 2.45) is 0 Å². The molecule has 0 aliphatic carbocycles. The van der Waals surface area contributed by atoms with Gasteiger partial charge in [0.15, 0.2) is 10.9 Å². The fourth-order valence-corrected chi connectivity index (χ4v) is 2.79. The summed E-state index contributed by atoms with van der Waals surface area (Å²) in [4.78, 5) is 22.9. The van der Waals surface area contributed by atoms with Crippen molar-refractivity contribution in [3.05, 3.63) is 51.6 Å². The van der Waals surface area contributed by atoms with Gasteiger partial charge in [0.25, 0.3) is 0 Å². The van der Waals surface area contributed by atoms with Gasteiger partial charge in [-0.25, -0.2) is 0 Å². The van der Waals surface area contributed by atoms with E-state index in [1.54, 1.807) is 0 Å². The number of Topliss-reactive ketones (excluding diaryl/α,β-unsaturated/α-hetero) is 1. The SMILES string of the molecule is C.CC(=O)S/C(=C\c1ccc(-c2cc(C(F)(F)F)ccc2Cl)o1)C(C)=O. The van der Waals surface area contributed by atoms with Crippen LogP contribution in [0.15, 0.2) is 39.7 Å². The van der Waals surface area contributed by atoms with E-state index < -0.39 is 11.7 Å². The number of carbonyl (C=O) groups excluding carboxylic acids is 2. The summed E-state index contributed by atoms with van der Waals surface area (Å²) in [6.45, 7) is 2.62. The Morgan fingerprint density at radius 3 is 2.35 bits per heavy atom. The minimum Gasteiger partial charge on any atom is -0.457 e. The number of carbonyl (C=O) groups is 2. The maximum atomic E-state index is 12.8. The lowest BCUT2D eigenvalue weighted by Crippen LogP contribution is -2.04. The second-order valence-corrected chi connectivity index (χ2v) is 6.68. The molecule has 0 saturated carbocycles. The number of thioether (sulfide) groups is 1. The smallest absolute Gasteiger partial charge is 0.416 e. The number of allylic oxidation sites excluding steroid dienone is 1. The van der Waals surface area contributed by atoms with E-state index in [1.165, 1.54) is 32.1 Å². The topological polar surface area (TPSA) is 47.3 Å². The third-order valence-corrected chi connectivity index (χ3v) is 4.30. The van der Waals surface area contributed by atoms with Gasteiger partial charge in [-0.15, -0.1) is 0 Å². The Morgan fingerprint density at radius 1 is 1.15 bits per heavy atom. The Morgan fingerprint density at radius 2 is 1.81 bits per heavy atom. The molecule has 0 spiro atoms. The van der Waals surface area contributed by atoms with Crippen LogP contribution in [-0.2, 0) is 15.8 Å². The van der Waals surface area contributed by atoms with Gasteiger partial charge >= 0.3 is 6.18 Å². The fraction of sp³-hybridized carbons (Fsp3) is 0.222. The molecule has 8 heteroatoms. The van der Waals surface area contributed by atoms with Gasteiger partial charge in [0, 0.05) is 12.5 Å². The highest BCUT2D eigenvalue weighted by atomic mass is 35.5. The number of hydrogen-bond acceptors (Lipinski definition) is 4. The lowest BCUT2D eigenvalue weighted by Gasteiger charge is -2.09. The summed E-state index contributed by atoms with van der Waals surface area (Å²) in [7, 11) is 0. The van der Waals surface area contributed by atoms with E-state index >= 15 is 0 Å². The van der Waals surface area contributed by atoms with E-state index in [0.29, 0.717) is 0 Å². The Bertz CT molecular complexity index is 854. The standard InChI is InChI=1S/C17H12ClF3O3S.CH4/c1-9(22)16(25-10(2)23)8-12-4-6-15(24-12)13-7-11(17(19,20)21)3-5-14(13)18;/h3-8H,1-2H3;1H4/b16-8-;. The summed E-state index contributed by atoms with van der Waals surface area (Å²) < 4.78 is 44.0. The Balaban J connectivity index is 0.00000338. The highest BCUT2D eigenvalue weighted by Gasteiger charge is 2.31. The summed E-state index contributed by atoms with van der Waals surface area (Å²) in [6, 6.07) is 5.85. The predicted octanol–water partition coefficient (Wildman–Crippen LogP) is 6.46. The molecule has 0 fully saturated rings. The highest BCUT2D eigenvalue weighted by Crippen LogP contribution is 2.37. The molecule has 2 rings (SSSR count). The van der Waals surface area contributed by atoms with Crippen molar-refractivity contribution in [3.63, 3.8) is 0 Å². The first-order chi connectivity index (χ1) is 11.6. The van der Waals surface area contributed by atoms with E-state index in [0.717, 1.165) is 30.0 Å². The molecule has 0 bridgehead atoms. The zero-order valence-corrected chi connectivity index (χ0v) is 14.7. The Hall–Kier alpha value is -1.99. The number of rotatable bonds is 4. The van der Waals surface area contributed by atoms with Crippen LogP contribution in [0.4, 0.5) is 13.2 Å². The predicted molar refractivity (Wildman–Crippen MR) is 97.8 cm³/mol. The summed E-state index contributed by atoms with van der Waals surface area (Å²) >= 11 is 6.72. The number of halogens is 4. The number of ketones is 1. The molecule has 3 nitrogen and oxygen atoms in total. The van der Waals surface area contributed by atoms with Crippen LogP contribution in [0.5, 0.6) is 0 Å². The van der Waals surface area contributed by atoms with Gasteiger partial charge in [0.2, 0.25) is 0 Å². The van der Waals surface area contributed by atoms with E-state index in [1.807, 2.05) is 0 Å². The van der Waals surface area contributed by atoms with Crippen molar-refractivity contribution in [1.82, 2.24) is 0 Å². The molecule has 0 N–H and O–H groups in total. The molecular formula is C18H16ClF3O3S. The zero-order chi connectivity index (χ0) is 18.8. The van der Waals surface area contributed by atoms with Gasteiger partial charge in [-0.05, 0) is 55.1 Å². The van der Waals surface area contributed by atoms with E-state index in [2.05, 4.69) is 0 Å². The lowest BCUT2D eigenvalue weighted by atomic mass is 10.1. The molecule has 0 saturated heterocycles. The molecule has 1 heterocycles. The number of alkyl halides is 3. The quantitative estimate of drug-likeness (QED) is 0.548. The van der Waals surface area contributed by atoms with Crippen LogP contribution in [0.3, 0.4) is 0 Å². The molecule has 1 aromatic heterocycles. The second kappa shape index (κ2) is 8.60. The average Bonchev–Trinajstić information content (AvgIpc) is 2.93. The molecule has 0 unspecified atom stereocenters. The summed E-state index contributed by atoms with van der Waals surface area (Å²) in [6.07, 6.45) is -3.14. The molecule has 0 aliphatic heterocycles. The van der Waals surface area contributed by atoms with Gasteiger partial charge in [-0.3, -0.25) is 9.59 Å². The van der Waals surface area contributed by atoms with Gasteiger partial charge in [0.05, 0.1) is 15.5 Å². The first-order valence-corrected chi connectivity index (χ1v) is 8.15. The van der Waals surface area contributed by atoms with E-state index in [9.17, 15) is 22.8 Å². The van der Waals surface area contributed by atoms with E-state index in [-0.39, 0.29) is 45.3 Å². The van der Waals surface area contributed by atoms with Gasteiger partial charge in [-0.1, -0.05) is 19.0 Å². The molecule has 2 aromatic rings. The van der Waals surface area contributed by atoms with Crippen LogP contribution >= 0.6 is 23.4 Å². The van der Waals surface area contributed by atoms with Crippen LogP contribution in [-0.4, -0.2) is 10.9 Å². The normalized spacial score (nSPS) is 11.8. The van der Waals surface area contributed by atoms with Crippen LogP contribution in [0.1, 0.15) is 32.6 Å². The van der Waals surface area contributed by atoms with Crippen LogP contribution in [0, 0.1) is 0 Å². The average molecular weight is 405 g/mol. The maximum absolute atomic E-state index is 12.8. The minimum absolute atomic E-state index is 0. The van der Waals surface area contributed by atoms with Crippen molar-refractivity contribution in [2.45, 2.75) is 27.5 Å². The van der Waals surface area contributed by atoms with Crippen LogP contribution in [0.25, 0.3) is 17.4 Å². The third kappa shape index (κ3) is 5.51. The summed E-state index contributed by atoms with van der Waals surface area (Å²) in [5.41, 5.74) is -0.767. The number of benzene rings is 1. The van der Waals surface area contributed by atoms with Crippen molar-refractivity contribution < 1.29 is 27.2 Å². The minimum atomic E-state index is -4.51. The molecule has 0 amide bonds. The van der Waals surface area contributed by atoms with Gasteiger partial charge in [0.1, 0.15) is 11.5 Å². The first kappa shape index (κ1) is 22.1. The molecule has 1 aromatic carbocycles. The summed E-state index contributed by atoms with van der Waals surface area (Å²) in [5.74, 6) is 0.0238. The number of hydrogen-bond donors (Lipinski definition) is 0. The molecule has 140 valence electrons. The fourth-order valence-electron chi connectivity index (χ4n) is 1.95. The first-order valence-electron chi connectivity index (χ1n) is 6.96. The maximum Gasteiger partial charge on any atom is 0.416 e. The summed E-state index contributed by atoms with van der Waals surface area (Å²) in [5, 5.41) is -0.170. The molecular weight excluding hydrogens is 389 g/mol. The van der Waals surface area contributed by atoms with Crippen LogP contribution < -0.4 is 0 Å². The highest BCUT2D eigenvalue weighted by molar-refractivity contribution is 8.17. The number of furan rings is 1. The van der Waals surface area contributed by atoms with Crippen molar-refractivity contribution in [3.8, 4) is 11.3 Å². The molecule has 0 radical (unpaired) electrons. The monoisotopic (exact) mass is 404 g/mol. The van der Waals surface area contributed by atoms with Crippen LogP contribution in [0.2, 0.25) is 5.02 Å². The molecule has 0 atom stereocenters. The van der Waals surface area contributed by atoms with Gasteiger partial charge in [-0.2, -0.15) is 13.2 Å². The molecule has 26 heavy (non-hydrogen) atoms. The lowest BCUT2D eigenvalue weighted by molar-refractivity contribution is -0.137. The molecule has 0 aliphatic rings. The third-order valence-electron chi connectivity index (χ3n) is 3.06. The van der Waals surface area contributed by atoms with Crippen molar-refractivity contribution in [2.75, 3.05) is 0 Å². The Kier molecular flexibility index (Phi) is 7.29. The largest absolute Gasteiger partial charge is 0.457 e. The van der Waals surface area contributed by atoms with E-state index in [4.69, 9.17) is 16.0 Å². The van der Waals surface area contributed by atoms with Crippen molar-refractivity contribution in [1.29, 1.82) is 0 Å². The second-order valence-electron chi connectivity index (χ2n) is 5.05. The van der Waals surface area contributed by atoms with Gasteiger partial charge < -0.3 is 4.42 Å².